The Labute approximate surface area is 104 Å². The van der Waals surface area contributed by atoms with Gasteiger partial charge in [-0.15, -0.1) is 0 Å². The highest BCUT2D eigenvalue weighted by atomic mass is 16.3. The highest BCUT2D eigenvalue weighted by molar-refractivity contribution is 5.79. The number of aliphatic hydroxyl groups is 1. The van der Waals surface area contributed by atoms with Gasteiger partial charge in [0.2, 0.25) is 5.91 Å². The van der Waals surface area contributed by atoms with Crippen LogP contribution in [-0.4, -0.2) is 36.8 Å². The Balaban J connectivity index is 2.41. The average Bonchev–Trinajstić information content (AvgIpc) is 2.27. The Morgan fingerprint density at radius 2 is 2.00 bits per heavy atom. The first-order valence-corrected chi connectivity index (χ1v) is 6.54. The summed E-state index contributed by atoms with van der Waals surface area (Å²) >= 11 is 0. The molecule has 1 aliphatic heterocycles. The molecule has 1 fully saturated rings. The van der Waals surface area contributed by atoms with E-state index >= 15 is 0 Å². The summed E-state index contributed by atoms with van der Waals surface area (Å²) in [5.41, 5.74) is 0.120. The van der Waals surface area contributed by atoms with Crippen molar-refractivity contribution in [2.24, 2.45) is 11.3 Å². The fraction of sp³-hybridized carbons (Fsp3) is 0.923. The molecule has 1 atom stereocenters. The molecule has 1 heterocycles. The molecule has 4 heteroatoms. The van der Waals surface area contributed by atoms with Crippen molar-refractivity contribution in [1.29, 1.82) is 0 Å². The zero-order valence-corrected chi connectivity index (χ0v) is 11.3. The molecule has 100 valence electrons. The van der Waals surface area contributed by atoms with Crippen LogP contribution in [0.2, 0.25) is 0 Å². The van der Waals surface area contributed by atoms with Gasteiger partial charge < -0.3 is 15.7 Å². The highest BCUT2D eigenvalue weighted by Gasteiger charge is 2.25. The van der Waals surface area contributed by atoms with Crippen LogP contribution in [0.1, 0.15) is 40.0 Å². The van der Waals surface area contributed by atoms with Crippen LogP contribution in [0.15, 0.2) is 0 Å². The zero-order valence-electron chi connectivity index (χ0n) is 11.3. The predicted octanol–water partition coefficient (Wildman–Crippen LogP) is 0.899. The molecule has 0 aromatic heterocycles. The van der Waals surface area contributed by atoms with Crippen molar-refractivity contribution in [1.82, 2.24) is 10.6 Å². The quantitative estimate of drug-likeness (QED) is 0.686. The summed E-state index contributed by atoms with van der Waals surface area (Å²) in [5.74, 6) is 0.222. The summed E-state index contributed by atoms with van der Waals surface area (Å²) < 4.78 is 0. The molecule has 1 saturated heterocycles. The van der Waals surface area contributed by atoms with Crippen LogP contribution in [0, 0.1) is 11.3 Å². The molecule has 0 aliphatic carbocycles. The Hall–Kier alpha value is -0.610. The topological polar surface area (TPSA) is 61.4 Å². The third-order valence-corrected chi connectivity index (χ3v) is 3.14. The lowest BCUT2D eigenvalue weighted by Crippen LogP contribution is -2.45. The number of aliphatic hydroxyl groups excluding tert-OH is 1. The summed E-state index contributed by atoms with van der Waals surface area (Å²) in [5, 5.41) is 15.5. The molecule has 0 bridgehead atoms. The maximum Gasteiger partial charge on any atom is 0.223 e. The maximum atomic E-state index is 12.0. The first-order valence-electron chi connectivity index (χ1n) is 6.54. The second-order valence-electron chi connectivity index (χ2n) is 6.18. The lowest BCUT2D eigenvalue weighted by atomic mass is 9.88. The second-order valence-corrected chi connectivity index (χ2v) is 6.18. The van der Waals surface area contributed by atoms with Gasteiger partial charge in [-0.2, -0.15) is 0 Å². The van der Waals surface area contributed by atoms with Crippen LogP contribution in [0.4, 0.5) is 0 Å². The summed E-state index contributed by atoms with van der Waals surface area (Å²) in [6.07, 6.45) is 2.61. The van der Waals surface area contributed by atoms with Crippen LogP contribution in [0.5, 0.6) is 0 Å². The number of amides is 1. The van der Waals surface area contributed by atoms with Gasteiger partial charge in [0.1, 0.15) is 0 Å². The van der Waals surface area contributed by atoms with Gasteiger partial charge >= 0.3 is 0 Å². The van der Waals surface area contributed by atoms with Crippen molar-refractivity contribution in [3.8, 4) is 0 Å². The van der Waals surface area contributed by atoms with Gasteiger partial charge in [0.25, 0.3) is 0 Å². The van der Waals surface area contributed by atoms with E-state index in [1.54, 1.807) is 0 Å². The minimum atomic E-state index is -0.114. The summed E-state index contributed by atoms with van der Waals surface area (Å²) in [6.45, 7) is 8.21. The molecule has 4 nitrogen and oxygen atoms in total. The number of carbonyl (C=O) groups excluding carboxylic acids is 1. The normalized spacial score (nSPS) is 20.0. The van der Waals surface area contributed by atoms with Gasteiger partial charge in [0, 0.05) is 5.92 Å². The van der Waals surface area contributed by atoms with E-state index in [1.165, 1.54) is 0 Å². The first-order chi connectivity index (χ1) is 7.92. The van der Waals surface area contributed by atoms with Crippen molar-refractivity contribution in [2.45, 2.75) is 46.1 Å². The number of hydrogen-bond donors (Lipinski definition) is 3. The monoisotopic (exact) mass is 242 g/mol. The summed E-state index contributed by atoms with van der Waals surface area (Å²) in [7, 11) is 0. The number of carbonyl (C=O) groups is 1. The second kappa shape index (κ2) is 6.36. The minimum Gasteiger partial charge on any atom is -0.394 e. The largest absolute Gasteiger partial charge is 0.394 e. The first kappa shape index (κ1) is 14.5. The fourth-order valence-corrected chi connectivity index (χ4v) is 2.30. The Morgan fingerprint density at radius 3 is 2.47 bits per heavy atom. The van der Waals surface area contributed by atoms with Crippen molar-refractivity contribution in [3.05, 3.63) is 0 Å². The molecular formula is C13H26N2O2. The summed E-state index contributed by atoms with van der Waals surface area (Å²) in [4.78, 5) is 12.0. The highest BCUT2D eigenvalue weighted by Crippen LogP contribution is 2.21. The molecule has 1 unspecified atom stereocenters. The Morgan fingerprint density at radius 1 is 1.41 bits per heavy atom. The van der Waals surface area contributed by atoms with E-state index in [-0.39, 0.29) is 29.9 Å². The average molecular weight is 242 g/mol. The minimum absolute atomic E-state index is 0.0218. The molecule has 0 aromatic rings. The molecule has 0 radical (unpaired) electrons. The predicted molar refractivity (Wildman–Crippen MR) is 68.7 cm³/mol. The van der Waals surface area contributed by atoms with Gasteiger partial charge in [-0.05, 0) is 37.8 Å². The van der Waals surface area contributed by atoms with Crippen LogP contribution in [0.3, 0.4) is 0 Å². The maximum absolute atomic E-state index is 12.0. The van der Waals surface area contributed by atoms with E-state index in [9.17, 15) is 9.90 Å². The van der Waals surface area contributed by atoms with Crippen molar-refractivity contribution >= 4 is 5.91 Å². The molecule has 3 N–H and O–H groups in total. The third-order valence-electron chi connectivity index (χ3n) is 3.14. The van der Waals surface area contributed by atoms with E-state index in [0.29, 0.717) is 0 Å². The van der Waals surface area contributed by atoms with E-state index in [4.69, 9.17) is 0 Å². The number of piperidine rings is 1. The van der Waals surface area contributed by atoms with Crippen molar-refractivity contribution < 1.29 is 9.90 Å². The Bertz CT molecular complexity index is 242. The molecule has 17 heavy (non-hydrogen) atoms. The standard InChI is InChI=1S/C13H26N2O2/c1-13(2,3)8-11(9-16)15-12(17)10-4-6-14-7-5-10/h10-11,14,16H,4-9H2,1-3H3,(H,15,17). The van der Waals surface area contributed by atoms with Gasteiger partial charge in [-0.3, -0.25) is 4.79 Å². The van der Waals surface area contributed by atoms with Crippen LogP contribution in [-0.2, 0) is 4.79 Å². The van der Waals surface area contributed by atoms with Gasteiger partial charge in [0.05, 0.1) is 12.6 Å². The zero-order chi connectivity index (χ0) is 12.9. The van der Waals surface area contributed by atoms with Gasteiger partial charge in [-0.1, -0.05) is 20.8 Å². The lowest BCUT2D eigenvalue weighted by Gasteiger charge is -2.28. The lowest BCUT2D eigenvalue weighted by molar-refractivity contribution is -0.127. The fourth-order valence-electron chi connectivity index (χ4n) is 2.30. The van der Waals surface area contributed by atoms with E-state index in [2.05, 4.69) is 31.4 Å². The van der Waals surface area contributed by atoms with Crippen molar-refractivity contribution in [2.75, 3.05) is 19.7 Å². The summed E-state index contributed by atoms with van der Waals surface area (Å²) in [6, 6.07) is -0.114. The third kappa shape index (κ3) is 5.50. The van der Waals surface area contributed by atoms with E-state index < -0.39 is 0 Å². The molecule has 0 saturated carbocycles. The number of rotatable bonds is 4. The smallest absolute Gasteiger partial charge is 0.223 e. The van der Waals surface area contributed by atoms with E-state index in [1.807, 2.05) is 0 Å². The molecule has 1 aliphatic rings. The molecule has 1 rings (SSSR count). The molecular weight excluding hydrogens is 216 g/mol. The van der Waals surface area contributed by atoms with Crippen LogP contribution < -0.4 is 10.6 Å². The molecule has 0 aromatic carbocycles. The SMILES string of the molecule is CC(C)(C)CC(CO)NC(=O)C1CCNCC1. The van der Waals surface area contributed by atoms with Gasteiger partial charge in [-0.25, -0.2) is 0 Å². The molecule has 1 amide bonds. The number of nitrogens with one attached hydrogen (secondary N) is 2. The van der Waals surface area contributed by atoms with Gasteiger partial charge in [0.15, 0.2) is 0 Å². The Kier molecular flexibility index (Phi) is 5.40. The van der Waals surface area contributed by atoms with Crippen LogP contribution >= 0.6 is 0 Å². The van der Waals surface area contributed by atoms with Crippen molar-refractivity contribution in [3.63, 3.8) is 0 Å². The molecule has 0 spiro atoms. The number of hydrogen-bond acceptors (Lipinski definition) is 3. The van der Waals surface area contributed by atoms with E-state index in [0.717, 1.165) is 32.4 Å². The van der Waals surface area contributed by atoms with Crippen LogP contribution in [0.25, 0.3) is 0 Å².